The Labute approximate surface area is 182 Å². The minimum absolute atomic E-state index is 0.0515. The second-order valence-electron chi connectivity index (χ2n) is 8.36. The number of hydrogen-bond acceptors (Lipinski definition) is 4. The SMILES string of the molecule is O=C(CCNC(=O)C1(c2ccc(F)cc2)CCCC1)N1CCN(c2ccccn2)CC1. The number of hydrogen-bond donors (Lipinski definition) is 1. The van der Waals surface area contributed by atoms with Crippen molar-refractivity contribution < 1.29 is 14.0 Å². The maximum absolute atomic E-state index is 13.3. The first-order valence-corrected chi connectivity index (χ1v) is 11.1. The van der Waals surface area contributed by atoms with E-state index in [4.69, 9.17) is 0 Å². The summed E-state index contributed by atoms with van der Waals surface area (Å²) in [5.41, 5.74) is 0.256. The Kier molecular flexibility index (Phi) is 6.49. The normalized spacial score (nSPS) is 18.1. The van der Waals surface area contributed by atoms with E-state index in [1.807, 2.05) is 23.1 Å². The molecule has 1 N–H and O–H groups in total. The van der Waals surface area contributed by atoms with Crippen molar-refractivity contribution in [1.29, 1.82) is 0 Å². The zero-order valence-electron chi connectivity index (χ0n) is 17.7. The molecule has 0 bridgehead atoms. The van der Waals surface area contributed by atoms with Crippen LogP contribution in [-0.2, 0) is 15.0 Å². The fraction of sp³-hybridized carbons (Fsp3) is 0.458. The minimum atomic E-state index is -0.606. The number of aromatic nitrogens is 1. The topological polar surface area (TPSA) is 65.5 Å². The van der Waals surface area contributed by atoms with E-state index in [1.54, 1.807) is 18.3 Å². The molecule has 4 rings (SSSR count). The van der Waals surface area contributed by atoms with Gasteiger partial charge < -0.3 is 15.1 Å². The molecule has 0 spiro atoms. The van der Waals surface area contributed by atoms with Gasteiger partial charge in [0.05, 0.1) is 5.41 Å². The molecule has 31 heavy (non-hydrogen) atoms. The Morgan fingerprint density at radius 2 is 1.71 bits per heavy atom. The molecule has 1 aliphatic carbocycles. The number of halogens is 1. The predicted octanol–water partition coefficient (Wildman–Crippen LogP) is 2.89. The number of carbonyl (C=O) groups excluding carboxylic acids is 2. The van der Waals surface area contributed by atoms with Gasteiger partial charge in [0.1, 0.15) is 11.6 Å². The van der Waals surface area contributed by atoms with Crippen molar-refractivity contribution in [1.82, 2.24) is 15.2 Å². The van der Waals surface area contributed by atoms with E-state index < -0.39 is 5.41 Å². The molecule has 7 heteroatoms. The summed E-state index contributed by atoms with van der Waals surface area (Å²) in [4.78, 5) is 34.1. The van der Waals surface area contributed by atoms with Crippen molar-refractivity contribution in [3.05, 3.63) is 60.0 Å². The number of pyridine rings is 1. The van der Waals surface area contributed by atoms with Gasteiger partial charge >= 0.3 is 0 Å². The van der Waals surface area contributed by atoms with Gasteiger partial charge in [-0.2, -0.15) is 0 Å². The zero-order chi connectivity index (χ0) is 21.7. The lowest BCUT2D eigenvalue weighted by Crippen LogP contribution is -2.50. The number of piperazine rings is 1. The van der Waals surface area contributed by atoms with Crippen LogP contribution in [0.3, 0.4) is 0 Å². The lowest BCUT2D eigenvalue weighted by atomic mass is 9.78. The third-order valence-corrected chi connectivity index (χ3v) is 6.52. The van der Waals surface area contributed by atoms with Gasteiger partial charge in [0.15, 0.2) is 0 Å². The Morgan fingerprint density at radius 1 is 1.00 bits per heavy atom. The first kappa shape index (κ1) is 21.3. The van der Waals surface area contributed by atoms with Crippen LogP contribution < -0.4 is 10.2 Å². The van der Waals surface area contributed by atoms with Crippen LogP contribution in [0.2, 0.25) is 0 Å². The number of nitrogens with one attached hydrogen (secondary N) is 1. The third-order valence-electron chi connectivity index (χ3n) is 6.52. The predicted molar refractivity (Wildman–Crippen MR) is 117 cm³/mol. The Hall–Kier alpha value is -2.96. The van der Waals surface area contributed by atoms with Crippen LogP contribution in [0.5, 0.6) is 0 Å². The summed E-state index contributed by atoms with van der Waals surface area (Å²) in [6.45, 7) is 3.14. The number of rotatable bonds is 6. The summed E-state index contributed by atoms with van der Waals surface area (Å²) in [7, 11) is 0. The van der Waals surface area contributed by atoms with Crippen LogP contribution >= 0.6 is 0 Å². The zero-order valence-corrected chi connectivity index (χ0v) is 17.7. The van der Waals surface area contributed by atoms with Gasteiger partial charge in [-0.15, -0.1) is 0 Å². The summed E-state index contributed by atoms with van der Waals surface area (Å²) in [6.07, 6.45) is 5.53. The van der Waals surface area contributed by atoms with Gasteiger partial charge in [0.2, 0.25) is 11.8 Å². The lowest BCUT2D eigenvalue weighted by Gasteiger charge is -2.35. The van der Waals surface area contributed by atoms with Crippen molar-refractivity contribution in [3.63, 3.8) is 0 Å². The Bertz CT molecular complexity index is 890. The summed E-state index contributed by atoms with van der Waals surface area (Å²) in [5.74, 6) is 0.642. The second-order valence-corrected chi connectivity index (χ2v) is 8.36. The minimum Gasteiger partial charge on any atom is -0.355 e. The van der Waals surface area contributed by atoms with Crippen molar-refractivity contribution in [2.24, 2.45) is 0 Å². The largest absolute Gasteiger partial charge is 0.355 e. The Balaban J connectivity index is 1.27. The maximum Gasteiger partial charge on any atom is 0.230 e. The highest BCUT2D eigenvalue weighted by Gasteiger charge is 2.42. The van der Waals surface area contributed by atoms with Crippen molar-refractivity contribution in [2.75, 3.05) is 37.6 Å². The van der Waals surface area contributed by atoms with E-state index in [-0.39, 0.29) is 24.1 Å². The van der Waals surface area contributed by atoms with Crippen molar-refractivity contribution >= 4 is 17.6 Å². The van der Waals surface area contributed by atoms with E-state index in [0.717, 1.165) is 50.2 Å². The lowest BCUT2D eigenvalue weighted by molar-refractivity contribution is -0.131. The van der Waals surface area contributed by atoms with Crippen LogP contribution in [0.15, 0.2) is 48.7 Å². The molecule has 2 fully saturated rings. The van der Waals surface area contributed by atoms with Crippen LogP contribution in [0.1, 0.15) is 37.7 Å². The highest BCUT2D eigenvalue weighted by atomic mass is 19.1. The molecule has 0 radical (unpaired) electrons. The molecule has 2 aromatic rings. The fourth-order valence-corrected chi connectivity index (χ4v) is 4.73. The standard InChI is InChI=1S/C24H29FN4O2/c25-20-8-6-19(7-9-20)24(11-2-3-12-24)23(31)27-14-10-22(30)29-17-15-28(16-18-29)21-5-1-4-13-26-21/h1,4-9,13H,2-3,10-12,14-18H2,(H,27,31). The van der Waals surface area contributed by atoms with Gasteiger partial charge in [0.25, 0.3) is 0 Å². The van der Waals surface area contributed by atoms with Crippen LogP contribution in [0.25, 0.3) is 0 Å². The fourth-order valence-electron chi connectivity index (χ4n) is 4.73. The summed E-state index contributed by atoms with van der Waals surface area (Å²) in [5, 5.41) is 2.98. The number of carbonyl (C=O) groups is 2. The molecule has 0 atom stereocenters. The summed E-state index contributed by atoms with van der Waals surface area (Å²) in [6, 6.07) is 12.1. The van der Waals surface area contributed by atoms with Crippen molar-refractivity contribution in [2.45, 2.75) is 37.5 Å². The van der Waals surface area contributed by atoms with E-state index in [1.165, 1.54) is 12.1 Å². The van der Waals surface area contributed by atoms with Crippen molar-refractivity contribution in [3.8, 4) is 0 Å². The molecule has 1 aromatic carbocycles. The van der Waals surface area contributed by atoms with Gasteiger partial charge in [-0.1, -0.05) is 31.0 Å². The highest BCUT2D eigenvalue weighted by molar-refractivity contribution is 5.89. The van der Waals surface area contributed by atoms with Gasteiger partial charge in [-0.05, 0) is 42.7 Å². The van der Waals surface area contributed by atoms with E-state index in [0.29, 0.717) is 19.6 Å². The maximum atomic E-state index is 13.3. The summed E-state index contributed by atoms with van der Waals surface area (Å²) < 4.78 is 13.3. The molecule has 2 amide bonds. The van der Waals surface area contributed by atoms with Gasteiger partial charge in [-0.25, -0.2) is 9.37 Å². The summed E-state index contributed by atoms with van der Waals surface area (Å²) >= 11 is 0. The number of benzene rings is 1. The highest BCUT2D eigenvalue weighted by Crippen LogP contribution is 2.41. The van der Waals surface area contributed by atoms with E-state index >= 15 is 0 Å². The quantitative estimate of drug-likeness (QED) is 0.775. The second kappa shape index (κ2) is 9.45. The Morgan fingerprint density at radius 3 is 2.35 bits per heavy atom. The average Bonchev–Trinajstić information content (AvgIpc) is 3.31. The molecule has 2 heterocycles. The molecule has 1 saturated carbocycles. The van der Waals surface area contributed by atoms with Gasteiger partial charge in [-0.3, -0.25) is 9.59 Å². The molecule has 0 unspecified atom stereocenters. The van der Waals surface area contributed by atoms with Crippen LogP contribution in [0.4, 0.5) is 10.2 Å². The first-order valence-electron chi connectivity index (χ1n) is 11.1. The molecular weight excluding hydrogens is 395 g/mol. The molecule has 1 saturated heterocycles. The van der Waals surface area contributed by atoms with E-state index in [9.17, 15) is 14.0 Å². The molecule has 2 aliphatic rings. The molecule has 6 nitrogen and oxygen atoms in total. The third kappa shape index (κ3) is 4.70. The average molecular weight is 425 g/mol. The molecule has 164 valence electrons. The molecular formula is C24H29FN4O2. The number of amides is 2. The number of nitrogens with zero attached hydrogens (tertiary/aromatic N) is 3. The monoisotopic (exact) mass is 424 g/mol. The first-order chi connectivity index (χ1) is 15.1. The molecule has 1 aromatic heterocycles. The molecule has 1 aliphatic heterocycles. The van der Waals surface area contributed by atoms with Crippen LogP contribution in [-0.4, -0.2) is 54.4 Å². The van der Waals surface area contributed by atoms with Crippen LogP contribution in [0, 0.1) is 5.82 Å². The van der Waals surface area contributed by atoms with Gasteiger partial charge in [0, 0.05) is 45.3 Å². The van der Waals surface area contributed by atoms with E-state index in [2.05, 4.69) is 15.2 Å². The number of anilines is 1. The smallest absolute Gasteiger partial charge is 0.230 e.